The summed E-state index contributed by atoms with van der Waals surface area (Å²) < 4.78 is 0. The Balaban J connectivity index is 0.00000480. The molecule has 0 saturated heterocycles. The Hall–Kier alpha value is -1.84. The van der Waals surface area contributed by atoms with E-state index in [1.807, 2.05) is 57.1 Å². The minimum Gasteiger partial charge on any atom is -0.355 e. The van der Waals surface area contributed by atoms with Crippen LogP contribution in [0.15, 0.2) is 29.3 Å². The highest BCUT2D eigenvalue weighted by molar-refractivity contribution is 14.0. The van der Waals surface area contributed by atoms with Crippen molar-refractivity contribution in [1.82, 2.24) is 20.4 Å². The lowest BCUT2D eigenvalue weighted by Gasteiger charge is -2.31. The fourth-order valence-electron chi connectivity index (χ4n) is 4.11. The van der Waals surface area contributed by atoms with Crippen LogP contribution in [0, 0.1) is 5.41 Å². The number of carbonyl (C=O) groups is 2. The first-order valence-electron chi connectivity index (χ1n) is 10.9. The van der Waals surface area contributed by atoms with E-state index >= 15 is 0 Å². The molecule has 1 fully saturated rings. The van der Waals surface area contributed by atoms with Gasteiger partial charge in [-0.3, -0.25) is 14.6 Å². The SMILES string of the molecule is CCN(CC)C(=O)c1ccc(CNC(=NC)NCC2(C(=O)N(C)C)CCCC2)cc1.I. The van der Waals surface area contributed by atoms with Gasteiger partial charge >= 0.3 is 0 Å². The molecule has 1 aromatic carbocycles. The van der Waals surface area contributed by atoms with E-state index in [1.165, 1.54) is 0 Å². The molecule has 2 N–H and O–H groups in total. The van der Waals surface area contributed by atoms with E-state index < -0.39 is 0 Å². The summed E-state index contributed by atoms with van der Waals surface area (Å²) in [5.41, 5.74) is 1.43. The first-order valence-corrected chi connectivity index (χ1v) is 10.9. The largest absolute Gasteiger partial charge is 0.355 e. The summed E-state index contributed by atoms with van der Waals surface area (Å²) in [4.78, 5) is 33.0. The Kier molecular flexibility index (Phi) is 11.3. The van der Waals surface area contributed by atoms with E-state index in [9.17, 15) is 9.59 Å². The van der Waals surface area contributed by atoms with Crippen molar-refractivity contribution in [3.8, 4) is 0 Å². The van der Waals surface area contributed by atoms with Gasteiger partial charge in [0.15, 0.2) is 5.96 Å². The molecule has 174 valence electrons. The number of aliphatic imine (C=N–C) groups is 1. The van der Waals surface area contributed by atoms with Crippen LogP contribution < -0.4 is 10.6 Å². The number of rotatable bonds is 8. The molecule has 0 bridgehead atoms. The molecule has 0 radical (unpaired) electrons. The number of hydrogen-bond donors (Lipinski definition) is 2. The van der Waals surface area contributed by atoms with Crippen molar-refractivity contribution >= 4 is 41.8 Å². The van der Waals surface area contributed by atoms with Gasteiger partial charge in [-0.2, -0.15) is 0 Å². The number of hydrogen-bond acceptors (Lipinski definition) is 3. The molecule has 0 heterocycles. The molecule has 2 rings (SSSR count). The number of carbonyl (C=O) groups excluding carboxylic acids is 2. The van der Waals surface area contributed by atoms with Gasteiger partial charge in [0.05, 0.1) is 5.41 Å². The molecule has 1 aromatic rings. The maximum atomic E-state index is 12.7. The van der Waals surface area contributed by atoms with E-state index in [0.717, 1.165) is 31.2 Å². The zero-order valence-corrected chi connectivity index (χ0v) is 21.9. The van der Waals surface area contributed by atoms with Crippen LogP contribution in [0.2, 0.25) is 0 Å². The Morgan fingerprint density at radius 2 is 1.61 bits per heavy atom. The fourth-order valence-corrected chi connectivity index (χ4v) is 4.11. The number of guanidine groups is 1. The Morgan fingerprint density at radius 1 is 1.03 bits per heavy atom. The smallest absolute Gasteiger partial charge is 0.253 e. The zero-order valence-electron chi connectivity index (χ0n) is 19.5. The highest BCUT2D eigenvalue weighted by Gasteiger charge is 2.42. The van der Waals surface area contributed by atoms with Crippen molar-refractivity contribution < 1.29 is 9.59 Å². The molecule has 0 atom stereocenters. The van der Waals surface area contributed by atoms with Crippen LogP contribution in [0.25, 0.3) is 0 Å². The van der Waals surface area contributed by atoms with Crippen molar-refractivity contribution in [2.24, 2.45) is 10.4 Å². The van der Waals surface area contributed by atoms with Gasteiger partial charge in [0.1, 0.15) is 0 Å². The lowest BCUT2D eigenvalue weighted by atomic mass is 9.84. The summed E-state index contributed by atoms with van der Waals surface area (Å²) in [6, 6.07) is 7.67. The van der Waals surface area contributed by atoms with Crippen LogP contribution in [0.4, 0.5) is 0 Å². The summed E-state index contributed by atoms with van der Waals surface area (Å²) in [6.07, 6.45) is 4.00. The number of amides is 2. The molecule has 8 heteroatoms. The second kappa shape index (κ2) is 12.9. The minimum absolute atomic E-state index is 0. The standard InChI is InChI=1S/C23H37N5O2.HI/c1-6-28(7-2)20(29)19-12-10-18(11-13-19)16-25-22(24-3)26-17-23(14-8-9-15-23)21(30)27(4)5;/h10-13H,6-9,14-17H2,1-5H3,(H2,24,25,26);1H. The lowest BCUT2D eigenvalue weighted by molar-refractivity contribution is -0.138. The maximum absolute atomic E-state index is 12.7. The normalized spacial score (nSPS) is 15.1. The van der Waals surface area contributed by atoms with E-state index in [2.05, 4.69) is 15.6 Å². The third kappa shape index (κ3) is 7.08. The molecule has 0 aromatic heterocycles. The van der Waals surface area contributed by atoms with Crippen LogP contribution >= 0.6 is 24.0 Å². The predicted molar refractivity (Wildman–Crippen MR) is 137 cm³/mol. The average molecular weight is 543 g/mol. The third-order valence-electron chi connectivity index (χ3n) is 5.95. The first-order chi connectivity index (χ1) is 14.4. The topological polar surface area (TPSA) is 77.0 Å². The molecule has 1 aliphatic rings. The summed E-state index contributed by atoms with van der Waals surface area (Å²) in [5.74, 6) is 0.928. The van der Waals surface area contributed by atoms with Crippen LogP contribution in [0.5, 0.6) is 0 Å². The molecule has 7 nitrogen and oxygen atoms in total. The molecule has 0 unspecified atom stereocenters. The van der Waals surface area contributed by atoms with Crippen molar-refractivity contribution in [1.29, 1.82) is 0 Å². The summed E-state index contributed by atoms with van der Waals surface area (Å²) in [7, 11) is 5.38. The molecular weight excluding hydrogens is 505 g/mol. The van der Waals surface area contributed by atoms with E-state index in [-0.39, 0.29) is 41.2 Å². The molecule has 2 amide bonds. The van der Waals surface area contributed by atoms with Gasteiger partial charge in [-0.25, -0.2) is 0 Å². The predicted octanol–water partition coefficient (Wildman–Crippen LogP) is 3.10. The highest BCUT2D eigenvalue weighted by Crippen LogP contribution is 2.38. The van der Waals surface area contributed by atoms with Gasteiger partial charge in [0.25, 0.3) is 5.91 Å². The number of halogens is 1. The van der Waals surface area contributed by atoms with Crippen molar-refractivity contribution in [2.45, 2.75) is 46.1 Å². The fraction of sp³-hybridized carbons (Fsp3) is 0.609. The molecule has 0 aliphatic heterocycles. The summed E-state index contributed by atoms with van der Waals surface area (Å²) in [6.45, 7) is 6.56. The van der Waals surface area contributed by atoms with Crippen LogP contribution in [-0.4, -0.2) is 68.4 Å². The van der Waals surface area contributed by atoms with Gasteiger partial charge < -0.3 is 20.4 Å². The number of nitrogens with zero attached hydrogens (tertiary/aromatic N) is 3. The quantitative estimate of drug-likeness (QED) is 0.300. The summed E-state index contributed by atoms with van der Waals surface area (Å²) in [5, 5.41) is 6.66. The Bertz CT molecular complexity index is 739. The molecule has 1 saturated carbocycles. The van der Waals surface area contributed by atoms with E-state index in [1.54, 1.807) is 11.9 Å². The van der Waals surface area contributed by atoms with E-state index in [4.69, 9.17) is 0 Å². The van der Waals surface area contributed by atoms with Gasteiger partial charge in [-0.1, -0.05) is 25.0 Å². The van der Waals surface area contributed by atoms with Gasteiger partial charge in [-0.15, -0.1) is 24.0 Å². The van der Waals surface area contributed by atoms with Gasteiger partial charge in [-0.05, 0) is 44.4 Å². The average Bonchev–Trinajstić information content (AvgIpc) is 3.24. The van der Waals surface area contributed by atoms with Crippen LogP contribution in [-0.2, 0) is 11.3 Å². The van der Waals surface area contributed by atoms with Crippen molar-refractivity contribution in [3.05, 3.63) is 35.4 Å². The van der Waals surface area contributed by atoms with Crippen molar-refractivity contribution in [3.63, 3.8) is 0 Å². The molecular formula is C23H38IN5O2. The monoisotopic (exact) mass is 543 g/mol. The molecule has 0 spiro atoms. The van der Waals surface area contributed by atoms with Crippen LogP contribution in [0.3, 0.4) is 0 Å². The van der Waals surface area contributed by atoms with Crippen LogP contribution in [0.1, 0.15) is 55.5 Å². The third-order valence-corrected chi connectivity index (χ3v) is 5.95. The highest BCUT2D eigenvalue weighted by atomic mass is 127. The minimum atomic E-state index is -0.340. The lowest BCUT2D eigenvalue weighted by Crippen LogP contribution is -2.49. The van der Waals surface area contributed by atoms with Gasteiger partial charge in [0.2, 0.25) is 5.91 Å². The molecule has 31 heavy (non-hydrogen) atoms. The Labute approximate surface area is 204 Å². The molecule has 1 aliphatic carbocycles. The second-order valence-corrected chi connectivity index (χ2v) is 8.14. The second-order valence-electron chi connectivity index (χ2n) is 8.14. The number of nitrogens with one attached hydrogen (secondary N) is 2. The zero-order chi connectivity index (χ0) is 22.1. The van der Waals surface area contributed by atoms with Crippen molar-refractivity contribution in [2.75, 3.05) is 40.8 Å². The summed E-state index contributed by atoms with van der Waals surface area (Å²) >= 11 is 0. The maximum Gasteiger partial charge on any atom is 0.253 e. The number of benzene rings is 1. The Morgan fingerprint density at radius 3 is 2.10 bits per heavy atom. The van der Waals surface area contributed by atoms with E-state index in [0.29, 0.717) is 37.7 Å². The van der Waals surface area contributed by atoms with Gasteiger partial charge in [0, 0.05) is 52.9 Å². The first kappa shape index (κ1) is 27.2.